The van der Waals surface area contributed by atoms with Crippen LogP contribution in [-0.4, -0.2) is 74.2 Å². The quantitative estimate of drug-likeness (QED) is 0.177. The summed E-state index contributed by atoms with van der Waals surface area (Å²) in [7, 11) is -2.86. The molecule has 0 aromatic carbocycles. The molecule has 4 saturated carbocycles. The molecule has 1 aliphatic heterocycles. The number of hydrogen-bond acceptors (Lipinski definition) is 7. The zero-order valence-corrected chi connectivity index (χ0v) is 36.7. The predicted octanol–water partition coefficient (Wildman–Crippen LogP) is 8.63. The van der Waals surface area contributed by atoms with E-state index in [0.29, 0.717) is 67.0 Å². The van der Waals surface area contributed by atoms with Gasteiger partial charge in [-0.2, -0.15) is 0 Å². The van der Waals surface area contributed by atoms with Crippen molar-refractivity contribution in [3.05, 3.63) is 35.5 Å². The van der Waals surface area contributed by atoms with E-state index in [1.807, 2.05) is 0 Å². The molecule has 298 valence electrons. The van der Waals surface area contributed by atoms with Crippen LogP contribution in [0.2, 0.25) is 0 Å². The van der Waals surface area contributed by atoms with Crippen LogP contribution in [0.4, 0.5) is 0 Å². The van der Waals surface area contributed by atoms with Crippen molar-refractivity contribution in [2.24, 2.45) is 56.7 Å². The van der Waals surface area contributed by atoms with Gasteiger partial charge in [0, 0.05) is 38.3 Å². The Kier molecular flexibility index (Phi) is 10.9. The van der Waals surface area contributed by atoms with E-state index in [9.17, 15) is 18.3 Å². The van der Waals surface area contributed by atoms with Gasteiger partial charge in [0.15, 0.2) is 32.8 Å². The zero-order valence-electron chi connectivity index (χ0n) is 33.7. The Morgan fingerprint density at radius 2 is 1.70 bits per heavy atom. The molecule has 10 atom stereocenters. The molecule has 6 aliphatic carbocycles. The van der Waals surface area contributed by atoms with Crippen molar-refractivity contribution in [1.82, 2.24) is 10.2 Å². The van der Waals surface area contributed by atoms with Crippen LogP contribution in [0.1, 0.15) is 125 Å². The first-order valence-electron chi connectivity index (χ1n) is 21.1. The predicted molar refractivity (Wildman–Crippen MR) is 222 cm³/mol. The van der Waals surface area contributed by atoms with Crippen LogP contribution in [0.25, 0.3) is 0 Å². The Morgan fingerprint density at radius 3 is 2.34 bits per heavy atom. The summed E-state index contributed by atoms with van der Waals surface area (Å²) in [6.45, 7) is 23.3. The number of aliphatic hydroxyl groups excluding tert-OH is 1. The Morgan fingerprint density at radius 1 is 0.962 bits per heavy atom. The van der Waals surface area contributed by atoms with Gasteiger partial charge in [-0.15, -0.1) is 0 Å². The monoisotopic (exact) mass is 864 g/mol. The maximum absolute atomic E-state index is 12.9. The lowest BCUT2D eigenvalue weighted by Crippen LogP contribution is -2.68. The molecule has 0 aromatic heterocycles. The van der Waals surface area contributed by atoms with E-state index in [4.69, 9.17) is 3.07 Å². The standard InChI is InChI=1S/C44H69IN2O5S/c1-30(2)32-12-19-44(46-23-24-47-25-28-53(50,51)29-26-47)21-20-41(6)34(37(32)44)8-9-36-40(5)15-13-33(39(3,4)35(40)14-16-42(36,41)7)31-10-17-43(18-11-31,22-27-48)38(49)52-45/h10,13,32,34-37,46,48H,1,8-9,11-12,14-29H2,2-7H3/t32-,34+,35-,36+,37+,40-,41+,42+,43?,44-/m0/s1. The Bertz CT molecular complexity index is 1630. The summed E-state index contributed by atoms with van der Waals surface area (Å²) in [5, 5.41) is 14.0. The van der Waals surface area contributed by atoms with Gasteiger partial charge in [-0.05, 0) is 153 Å². The second-order valence-electron chi connectivity index (χ2n) is 20.4. The van der Waals surface area contributed by atoms with Gasteiger partial charge in [0.25, 0.3) is 0 Å². The minimum absolute atomic E-state index is 0.00413. The number of rotatable bonds is 9. The van der Waals surface area contributed by atoms with Crippen molar-refractivity contribution in [3.63, 3.8) is 0 Å². The molecule has 5 fully saturated rings. The summed E-state index contributed by atoms with van der Waals surface area (Å²) in [4.78, 5) is 15.2. The number of halogens is 1. The number of nitrogens with zero attached hydrogens (tertiary/aromatic N) is 1. The fourth-order valence-corrected chi connectivity index (χ4v) is 16.7. The summed E-state index contributed by atoms with van der Waals surface area (Å²) in [6, 6.07) is 0. The van der Waals surface area contributed by atoms with Crippen molar-refractivity contribution in [2.75, 3.05) is 44.3 Å². The number of sulfone groups is 1. The number of carbonyl (C=O) groups is 1. The lowest BCUT2D eigenvalue weighted by molar-refractivity contribution is -0.221. The highest BCUT2D eigenvalue weighted by Crippen LogP contribution is 2.76. The molecule has 0 radical (unpaired) electrons. The third-order valence-corrected chi connectivity index (χ3v) is 20.0. The summed E-state index contributed by atoms with van der Waals surface area (Å²) < 4.78 is 29.3. The van der Waals surface area contributed by atoms with Crippen molar-refractivity contribution < 1.29 is 21.4 Å². The van der Waals surface area contributed by atoms with Crippen LogP contribution in [-0.2, 0) is 17.7 Å². The van der Waals surface area contributed by atoms with Crippen molar-refractivity contribution in [1.29, 1.82) is 0 Å². The summed E-state index contributed by atoms with van der Waals surface area (Å²) >= 11 is 1.71. The molecule has 1 unspecified atom stereocenters. The molecular weight excluding hydrogens is 795 g/mol. The minimum Gasteiger partial charge on any atom is -0.396 e. The van der Waals surface area contributed by atoms with E-state index < -0.39 is 15.3 Å². The Balaban J connectivity index is 1.12. The van der Waals surface area contributed by atoms with Crippen LogP contribution < -0.4 is 5.32 Å². The number of allylic oxidation sites excluding steroid dienone is 5. The maximum Gasteiger partial charge on any atom is 0.321 e. The van der Waals surface area contributed by atoms with Crippen molar-refractivity contribution in [3.8, 4) is 0 Å². The van der Waals surface area contributed by atoms with Gasteiger partial charge in [0.1, 0.15) is 0 Å². The largest absolute Gasteiger partial charge is 0.396 e. The fraction of sp³-hybridized carbons (Fsp3) is 0.841. The minimum atomic E-state index is -2.86. The number of carbonyl (C=O) groups excluding carboxylic acids is 1. The molecule has 7 nitrogen and oxygen atoms in total. The van der Waals surface area contributed by atoms with Crippen LogP contribution in [0, 0.1) is 56.7 Å². The van der Waals surface area contributed by atoms with Crippen LogP contribution in [0.5, 0.6) is 0 Å². The van der Waals surface area contributed by atoms with Crippen molar-refractivity contribution in [2.45, 2.75) is 131 Å². The first-order chi connectivity index (χ1) is 24.9. The van der Waals surface area contributed by atoms with Gasteiger partial charge in [-0.3, -0.25) is 4.79 Å². The molecule has 0 spiro atoms. The van der Waals surface area contributed by atoms with Gasteiger partial charge in [-0.1, -0.05) is 58.9 Å². The number of hydrogen-bond donors (Lipinski definition) is 2. The highest BCUT2D eigenvalue weighted by atomic mass is 127. The molecule has 53 heavy (non-hydrogen) atoms. The third-order valence-electron chi connectivity index (χ3n) is 18.0. The Hall–Kier alpha value is -0.750. The van der Waals surface area contributed by atoms with E-state index in [-0.39, 0.29) is 39.8 Å². The first-order valence-corrected chi connectivity index (χ1v) is 23.8. The van der Waals surface area contributed by atoms with Gasteiger partial charge in [0.05, 0.1) is 16.9 Å². The van der Waals surface area contributed by atoms with Crippen LogP contribution in [0.3, 0.4) is 0 Å². The molecule has 1 saturated heterocycles. The molecule has 7 rings (SSSR count). The van der Waals surface area contributed by atoms with E-state index in [1.54, 1.807) is 23.0 Å². The molecule has 0 amide bonds. The SMILES string of the molecule is C=C(C)[C@@H]1CC[C@]2(NCCN3CCS(=O)(=O)CC3)CC[C@]3(C)[C@H](CC[C@@H]4[C@@]5(C)CC=C(C6=CCC(CCO)(C(=O)OI)CC6)C(C)(C)[C@@H]5CC[C@]43C)[C@@H]12. The summed E-state index contributed by atoms with van der Waals surface area (Å²) in [5.41, 5.74) is 4.71. The molecular formula is C44H69IN2O5S. The fourth-order valence-electron chi connectivity index (χ4n) is 15.0. The average Bonchev–Trinajstić information content (AvgIpc) is 3.49. The highest BCUT2D eigenvalue weighted by Gasteiger charge is 2.70. The number of fused-ring (bicyclic) bond motifs is 7. The summed E-state index contributed by atoms with van der Waals surface area (Å²) in [6.07, 6.45) is 19.0. The van der Waals surface area contributed by atoms with E-state index in [0.717, 1.165) is 32.4 Å². The number of aliphatic hydroxyl groups is 1. The molecule has 1 heterocycles. The van der Waals surface area contributed by atoms with Crippen LogP contribution in [0.15, 0.2) is 35.5 Å². The molecule has 0 aromatic rings. The number of nitrogens with one attached hydrogen (secondary N) is 1. The normalized spacial score (nSPS) is 44.7. The molecule has 0 bridgehead atoms. The second kappa shape index (κ2) is 14.3. The second-order valence-corrected chi connectivity index (χ2v) is 23.1. The van der Waals surface area contributed by atoms with Crippen LogP contribution >= 0.6 is 23.0 Å². The zero-order chi connectivity index (χ0) is 38.2. The lowest BCUT2D eigenvalue weighted by atomic mass is 9.33. The smallest absolute Gasteiger partial charge is 0.321 e. The highest BCUT2D eigenvalue weighted by molar-refractivity contribution is 14.1. The summed E-state index contributed by atoms with van der Waals surface area (Å²) in [5.74, 6) is 3.56. The van der Waals surface area contributed by atoms with E-state index in [2.05, 4.69) is 70.5 Å². The molecule has 9 heteroatoms. The van der Waals surface area contributed by atoms with Gasteiger partial charge in [-0.25, -0.2) is 8.42 Å². The lowest BCUT2D eigenvalue weighted by Gasteiger charge is -2.72. The molecule has 2 N–H and O–H groups in total. The van der Waals surface area contributed by atoms with Gasteiger partial charge < -0.3 is 18.4 Å². The average molecular weight is 865 g/mol. The maximum atomic E-state index is 12.9. The third kappa shape index (κ3) is 6.41. The van der Waals surface area contributed by atoms with Gasteiger partial charge >= 0.3 is 5.97 Å². The topological polar surface area (TPSA) is 95.9 Å². The van der Waals surface area contributed by atoms with E-state index in [1.165, 1.54) is 68.1 Å². The molecule has 7 aliphatic rings. The Labute approximate surface area is 335 Å². The van der Waals surface area contributed by atoms with Crippen molar-refractivity contribution >= 4 is 38.8 Å². The first kappa shape index (κ1) is 40.4. The van der Waals surface area contributed by atoms with Gasteiger partial charge in [0.2, 0.25) is 0 Å². The van der Waals surface area contributed by atoms with E-state index >= 15 is 0 Å².